The van der Waals surface area contributed by atoms with Crippen LogP contribution in [0.3, 0.4) is 0 Å². The molecule has 0 saturated heterocycles. The van der Waals surface area contributed by atoms with Gasteiger partial charge in [0.05, 0.1) is 0 Å². The molecule has 0 bridgehead atoms. The minimum absolute atomic E-state index is 0.212. The SMILES string of the molecule is CCC1CCC(c2noc(CC(N)C3CC3)n2)CC1. The van der Waals surface area contributed by atoms with Crippen LogP contribution in [0.1, 0.15) is 69.5 Å². The largest absolute Gasteiger partial charge is 0.339 e. The minimum atomic E-state index is 0.212. The highest BCUT2D eigenvalue weighted by Gasteiger charge is 2.30. The number of aromatic nitrogens is 2. The van der Waals surface area contributed by atoms with Gasteiger partial charge >= 0.3 is 0 Å². The van der Waals surface area contributed by atoms with Crippen molar-refractivity contribution in [2.75, 3.05) is 0 Å². The van der Waals surface area contributed by atoms with Crippen molar-refractivity contribution in [1.82, 2.24) is 10.1 Å². The highest BCUT2D eigenvalue weighted by Crippen LogP contribution is 2.36. The van der Waals surface area contributed by atoms with E-state index in [1.54, 1.807) is 0 Å². The Bertz CT molecular complexity index is 405. The van der Waals surface area contributed by atoms with E-state index in [4.69, 9.17) is 10.3 Å². The first kappa shape index (κ1) is 13.1. The van der Waals surface area contributed by atoms with Crippen molar-refractivity contribution in [2.45, 2.75) is 70.3 Å². The van der Waals surface area contributed by atoms with Gasteiger partial charge in [-0.3, -0.25) is 0 Å². The molecule has 3 rings (SSSR count). The van der Waals surface area contributed by atoms with E-state index in [0.29, 0.717) is 11.8 Å². The summed E-state index contributed by atoms with van der Waals surface area (Å²) in [7, 11) is 0. The van der Waals surface area contributed by atoms with E-state index in [9.17, 15) is 0 Å². The molecule has 1 aromatic rings. The lowest BCUT2D eigenvalue weighted by Gasteiger charge is -2.25. The van der Waals surface area contributed by atoms with Gasteiger partial charge in [0.15, 0.2) is 5.82 Å². The standard InChI is InChI=1S/C15H25N3O/c1-2-10-3-5-12(6-4-10)15-17-14(19-18-15)9-13(16)11-7-8-11/h10-13H,2-9,16H2,1H3. The van der Waals surface area contributed by atoms with Gasteiger partial charge in [0.2, 0.25) is 5.89 Å². The zero-order valence-electron chi connectivity index (χ0n) is 11.8. The van der Waals surface area contributed by atoms with E-state index in [1.807, 2.05) is 0 Å². The highest BCUT2D eigenvalue weighted by molar-refractivity contribution is 4.99. The van der Waals surface area contributed by atoms with Crippen LogP contribution >= 0.6 is 0 Å². The highest BCUT2D eigenvalue weighted by atomic mass is 16.5. The van der Waals surface area contributed by atoms with Crippen LogP contribution in [0.4, 0.5) is 0 Å². The van der Waals surface area contributed by atoms with Gasteiger partial charge in [0, 0.05) is 18.4 Å². The molecule has 2 aliphatic rings. The van der Waals surface area contributed by atoms with Crippen molar-refractivity contribution in [2.24, 2.45) is 17.6 Å². The zero-order valence-corrected chi connectivity index (χ0v) is 11.8. The second-order valence-corrected chi connectivity index (χ2v) is 6.38. The van der Waals surface area contributed by atoms with E-state index in [0.717, 1.165) is 24.1 Å². The van der Waals surface area contributed by atoms with Gasteiger partial charge in [-0.1, -0.05) is 18.5 Å². The Morgan fingerprint density at radius 3 is 2.58 bits per heavy atom. The second-order valence-electron chi connectivity index (χ2n) is 6.38. The topological polar surface area (TPSA) is 64.9 Å². The fourth-order valence-electron chi connectivity index (χ4n) is 3.24. The Kier molecular flexibility index (Phi) is 3.87. The van der Waals surface area contributed by atoms with Crippen LogP contribution in [0.5, 0.6) is 0 Å². The van der Waals surface area contributed by atoms with Crippen molar-refractivity contribution < 1.29 is 4.52 Å². The average molecular weight is 263 g/mol. The fourth-order valence-corrected chi connectivity index (χ4v) is 3.24. The van der Waals surface area contributed by atoms with Crippen LogP contribution in [-0.2, 0) is 6.42 Å². The van der Waals surface area contributed by atoms with Crippen molar-refractivity contribution in [1.29, 1.82) is 0 Å². The summed E-state index contributed by atoms with van der Waals surface area (Å²) in [6.45, 7) is 2.29. The number of nitrogens with two attached hydrogens (primary N) is 1. The Labute approximate surface area is 115 Å². The molecule has 0 aliphatic heterocycles. The maximum absolute atomic E-state index is 6.11. The molecule has 4 heteroatoms. The molecular formula is C15H25N3O. The van der Waals surface area contributed by atoms with Gasteiger partial charge in [-0.25, -0.2) is 0 Å². The predicted octanol–water partition coefficient (Wildman–Crippen LogP) is 3.03. The molecule has 2 aliphatic carbocycles. The lowest BCUT2D eigenvalue weighted by molar-refractivity contribution is 0.302. The molecule has 1 aromatic heterocycles. The first-order valence-corrected chi connectivity index (χ1v) is 7.84. The molecule has 0 amide bonds. The number of hydrogen-bond donors (Lipinski definition) is 1. The summed E-state index contributed by atoms with van der Waals surface area (Å²) >= 11 is 0. The second kappa shape index (κ2) is 5.61. The van der Waals surface area contributed by atoms with Crippen molar-refractivity contribution >= 4 is 0 Å². The van der Waals surface area contributed by atoms with E-state index in [-0.39, 0.29) is 6.04 Å². The maximum Gasteiger partial charge on any atom is 0.228 e. The van der Waals surface area contributed by atoms with E-state index < -0.39 is 0 Å². The Balaban J connectivity index is 1.55. The first-order valence-electron chi connectivity index (χ1n) is 7.84. The van der Waals surface area contributed by atoms with E-state index in [2.05, 4.69) is 17.1 Å². The summed E-state index contributed by atoms with van der Waals surface area (Å²) < 4.78 is 5.38. The van der Waals surface area contributed by atoms with Crippen LogP contribution < -0.4 is 5.73 Å². The summed E-state index contributed by atoms with van der Waals surface area (Å²) in [5.41, 5.74) is 6.11. The van der Waals surface area contributed by atoms with Gasteiger partial charge in [-0.05, 0) is 50.4 Å². The van der Waals surface area contributed by atoms with Gasteiger partial charge in [0.25, 0.3) is 0 Å². The number of nitrogens with zero attached hydrogens (tertiary/aromatic N) is 2. The van der Waals surface area contributed by atoms with Gasteiger partial charge in [0.1, 0.15) is 0 Å². The molecule has 1 atom stereocenters. The number of rotatable bonds is 5. The Hall–Kier alpha value is -0.900. The summed E-state index contributed by atoms with van der Waals surface area (Å²) in [4.78, 5) is 4.58. The molecule has 1 unspecified atom stereocenters. The van der Waals surface area contributed by atoms with Crippen LogP contribution in [0.2, 0.25) is 0 Å². The molecule has 2 fully saturated rings. The lowest BCUT2D eigenvalue weighted by Crippen LogP contribution is -2.25. The molecule has 19 heavy (non-hydrogen) atoms. The Morgan fingerprint density at radius 1 is 1.21 bits per heavy atom. The van der Waals surface area contributed by atoms with Crippen molar-refractivity contribution in [3.63, 3.8) is 0 Å². The summed E-state index contributed by atoms with van der Waals surface area (Å²) in [5.74, 6) is 3.78. The van der Waals surface area contributed by atoms with E-state index >= 15 is 0 Å². The lowest BCUT2D eigenvalue weighted by atomic mass is 9.80. The average Bonchev–Trinajstić information content (AvgIpc) is 3.20. The molecule has 4 nitrogen and oxygen atoms in total. The molecule has 0 radical (unpaired) electrons. The molecule has 2 N–H and O–H groups in total. The smallest absolute Gasteiger partial charge is 0.228 e. The molecular weight excluding hydrogens is 238 g/mol. The monoisotopic (exact) mass is 263 g/mol. The summed E-state index contributed by atoms with van der Waals surface area (Å²) in [6, 6.07) is 0.212. The van der Waals surface area contributed by atoms with Crippen LogP contribution in [-0.4, -0.2) is 16.2 Å². The van der Waals surface area contributed by atoms with Crippen molar-refractivity contribution in [3.05, 3.63) is 11.7 Å². The first-order chi connectivity index (χ1) is 9.26. The van der Waals surface area contributed by atoms with Crippen LogP contribution in [0.25, 0.3) is 0 Å². The summed E-state index contributed by atoms with van der Waals surface area (Å²) in [5, 5.41) is 4.18. The number of hydrogen-bond acceptors (Lipinski definition) is 4. The van der Waals surface area contributed by atoms with Crippen LogP contribution in [0.15, 0.2) is 4.52 Å². The van der Waals surface area contributed by atoms with Crippen LogP contribution in [0, 0.1) is 11.8 Å². The van der Waals surface area contributed by atoms with E-state index in [1.165, 1.54) is 44.9 Å². The third-order valence-corrected chi connectivity index (χ3v) is 4.91. The van der Waals surface area contributed by atoms with Gasteiger partial charge in [-0.15, -0.1) is 0 Å². The molecule has 2 saturated carbocycles. The summed E-state index contributed by atoms with van der Waals surface area (Å²) in [6.07, 6.45) is 9.65. The maximum atomic E-state index is 6.11. The van der Waals surface area contributed by atoms with Gasteiger partial charge in [-0.2, -0.15) is 4.98 Å². The quantitative estimate of drug-likeness (QED) is 0.886. The predicted molar refractivity (Wildman–Crippen MR) is 73.7 cm³/mol. The minimum Gasteiger partial charge on any atom is -0.339 e. The molecule has 106 valence electrons. The normalized spacial score (nSPS) is 29.4. The molecule has 1 heterocycles. The zero-order chi connectivity index (χ0) is 13.2. The third kappa shape index (κ3) is 3.16. The van der Waals surface area contributed by atoms with Crippen molar-refractivity contribution in [3.8, 4) is 0 Å². The van der Waals surface area contributed by atoms with Gasteiger partial charge < -0.3 is 10.3 Å². The fraction of sp³-hybridized carbons (Fsp3) is 0.867. The molecule has 0 spiro atoms. The Morgan fingerprint density at radius 2 is 1.95 bits per heavy atom. The third-order valence-electron chi connectivity index (χ3n) is 4.91. The molecule has 0 aromatic carbocycles.